The standard InChI is InChI=1S/C6H9NO2.ClH/c8-6(9)5-3-1-2-4-7-5;/h2,4-5,7H,1,3H2,(H,8,9);1H. The van der Waals surface area contributed by atoms with Crippen LogP contribution in [0.5, 0.6) is 0 Å². The Morgan fingerprint density at radius 3 is 2.70 bits per heavy atom. The summed E-state index contributed by atoms with van der Waals surface area (Å²) in [5.74, 6) is -0.764. The topological polar surface area (TPSA) is 49.3 Å². The van der Waals surface area contributed by atoms with Crippen LogP contribution in [0.1, 0.15) is 12.8 Å². The fraction of sp³-hybridized carbons (Fsp3) is 0.500. The lowest BCUT2D eigenvalue weighted by molar-refractivity contribution is -0.139. The predicted molar refractivity (Wildman–Crippen MR) is 40.2 cm³/mol. The molecular formula is C6H10ClNO2. The highest BCUT2D eigenvalue weighted by Crippen LogP contribution is 2.02. The van der Waals surface area contributed by atoms with E-state index < -0.39 is 5.97 Å². The summed E-state index contributed by atoms with van der Waals surface area (Å²) in [5.41, 5.74) is 0. The summed E-state index contributed by atoms with van der Waals surface area (Å²) < 4.78 is 0. The van der Waals surface area contributed by atoms with E-state index in [0.717, 1.165) is 6.42 Å². The van der Waals surface area contributed by atoms with Crippen LogP contribution in [-0.4, -0.2) is 17.1 Å². The number of nitrogens with one attached hydrogen (secondary N) is 1. The van der Waals surface area contributed by atoms with Crippen LogP contribution >= 0.6 is 12.4 Å². The average Bonchev–Trinajstić information content (AvgIpc) is 1.90. The van der Waals surface area contributed by atoms with Crippen molar-refractivity contribution in [1.29, 1.82) is 0 Å². The normalized spacial score (nSPS) is 22.6. The van der Waals surface area contributed by atoms with Gasteiger partial charge in [0.2, 0.25) is 0 Å². The molecule has 0 amide bonds. The highest BCUT2D eigenvalue weighted by Gasteiger charge is 2.15. The van der Waals surface area contributed by atoms with Gasteiger partial charge in [-0.1, -0.05) is 6.08 Å². The van der Waals surface area contributed by atoms with Crippen LogP contribution in [0.2, 0.25) is 0 Å². The lowest BCUT2D eigenvalue weighted by atomic mass is 10.1. The molecule has 0 radical (unpaired) electrons. The van der Waals surface area contributed by atoms with Gasteiger partial charge in [0.1, 0.15) is 6.04 Å². The lowest BCUT2D eigenvalue weighted by Gasteiger charge is -2.14. The van der Waals surface area contributed by atoms with Gasteiger partial charge in [0.05, 0.1) is 0 Å². The van der Waals surface area contributed by atoms with Crippen LogP contribution in [0.4, 0.5) is 0 Å². The van der Waals surface area contributed by atoms with Gasteiger partial charge in [-0.3, -0.25) is 0 Å². The second-order valence-corrected chi connectivity index (χ2v) is 2.04. The Kier molecular flexibility index (Phi) is 3.88. The van der Waals surface area contributed by atoms with Crippen molar-refractivity contribution < 1.29 is 9.90 Å². The molecule has 3 nitrogen and oxygen atoms in total. The Labute approximate surface area is 65.5 Å². The van der Waals surface area contributed by atoms with Crippen LogP contribution in [-0.2, 0) is 4.79 Å². The number of hydrogen-bond acceptors (Lipinski definition) is 2. The third-order valence-electron chi connectivity index (χ3n) is 1.34. The van der Waals surface area contributed by atoms with E-state index in [1.54, 1.807) is 6.20 Å². The largest absolute Gasteiger partial charge is 0.480 e. The molecule has 0 aromatic carbocycles. The minimum Gasteiger partial charge on any atom is -0.480 e. The molecule has 2 N–H and O–H groups in total. The molecule has 0 aliphatic carbocycles. The van der Waals surface area contributed by atoms with E-state index in [0.29, 0.717) is 6.42 Å². The van der Waals surface area contributed by atoms with Gasteiger partial charge >= 0.3 is 5.97 Å². The minimum atomic E-state index is -0.764. The van der Waals surface area contributed by atoms with E-state index in [-0.39, 0.29) is 18.4 Å². The molecular weight excluding hydrogens is 154 g/mol. The van der Waals surface area contributed by atoms with Crippen molar-refractivity contribution in [2.45, 2.75) is 18.9 Å². The van der Waals surface area contributed by atoms with Gasteiger partial charge in [-0.2, -0.15) is 0 Å². The number of carboxylic acids is 1. The monoisotopic (exact) mass is 163 g/mol. The van der Waals surface area contributed by atoms with Crippen LogP contribution < -0.4 is 5.32 Å². The molecule has 58 valence electrons. The van der Waals surface area contributed by atoms with Crippen molar-refractivity contribution >= 4 is 18.4 Å². The number of carboxylic acid groups (broad SMARTS) is 1. The van der Waals surface area contributed by atoms with Crippen molar-refractivity contribution in [2.24, 2.45) is 0 Å². The first-order valence-corrected chi connectivity index (χ1v) is 2.94. The molecule has 0 saturated heterocycles. The molecule has 1 rings (SSSR count). The zero-order valence-electron chi connectivity index (χ0n) is 5.41. The summed E-state index contributed by atoms with van der Waals surface area (Å²) in [7, 11) is 0. The maximum absolute atomic E-state index is 10.3. The van der Waals surface area contributed by atoms with Crippen molar-refractivity contribution in [1.82, 2.24) is 5.32 Å². The van der Waals surface area contributed by atoms with E-state index in [1.165, 1.54) is 0 Å². The van der Waals surface area contributed by atoms with Crippen molar-refractivity contribution in [3.8, 4) is 0 Å². The number of hydrogen-bond donors (Lipinski definition) is 2. The van der Waals surface area contributed by atoms with Crippen LogP contribution in [0, 0.1) is 0 Å². The van der Waals surface area contributed by atoms with Crippen molar-refractivity contribution in [2.75, 3.05) is 0 Å². The molecule has 10 heavy (non-hydrogen) atoms. The van der Waals surface area contributed by atoms with Crippen molar-refractivity contribution in [3.05, 3.63) is 12.3 Å². The third kappa shape index (κ3) is 2.27. The Balaban J connectivity index is 0.000000810. The molecule has 0 bridgehead atoms. The number of halogens is 1. The molecule has 1 unspecified atom stereocenters. The van der Waals surface area contributed by atoms with Gasteiger partial charge in [-0.25, -0.2) is 4.79 Å². The molecule has 1 atom stereocenters. The average molecular weight is 164 g/mol. The number of carbonyl (C=O) groups is 1. The van der Waals surface area contributed by atoms with Crippen LogP contribution in [0.15, 0.2) is 12.3 Å². The summed E-state index contributed by atoms with van der Waals surface area (Å²) in [6.07, 6.45) is 5.19. The van der Waals surface area contributed by atoms with Crippen LogP contribution in [0.25, 0.3) is 0 Å². The summed E-state index contributed by atoms with van der Waals surface area (Å²) in [5, 5.41) is 11.2. The number of aliphatic carboxylic acids is 1. The summed E-state index contributed by atoms with van der Waals surface area (Å²) in [6.45, 7) is 0. The third-order valence-corrected chi connectivity index (χ3v) is 1.34. The summed E-state index contributed by atoms with van der Waals surface area (Å²) in [6, 6.07) is -0.366. The van der Waals surface area contributed by atoms with E-state index in [1.807, 2.05) is 6.08 Å². The molecule has 0 saturated carbocycles. The summed E-state index contributed by atoms with van der Waals surface area (Å²) in [4.78, 5) is 10.3. The molecule has 0 aromatic heterocycles. The summed E-state index contributed by atoms with van der Waals surface area (Å²) >= 11 is 0. The zero-order valence-corrected chi connectivity index (χ0v) is 6.23. The predicted octanol–water partition coefficient (Wildman–Crippen LogP) is 0.758. The second-order valence-electron chi connectivity index (χ2n) is 2.04. The van der Waals surface area contributed by atoms with Gasteiger partial charge in [-0.05, 0) is 19.0 Å². The van der Waals surface area contributed by atoms with Gasteiger partial charge in [0.15, 0.2) is 0 Å². The van der Waals surface area contributed by atoms with Gasteiger partial charge in [0.25, 0.3) is 0 Å². The van der Waals surface area contributed by atoms with Gasteiger partial charge < -0.3 is 10.4 Å². The van der Waals surface area contributed by atoms with Crippen LogP contribution in [0.3, 0.4) is 0 Å². The lowest BCUT2D eigenvalue weighted by Crippen LogP contribution is -2.34. The molecule has 4 heteroatoms. The fourth-order valence-corrected chi connectivity index (χ4v) is 0.809. The molecule has 0 aromatic rings. The Morgan fingerprint density at radius 2 is 2.40 bits per heavy atom. The Morgan fingerprint density at radius 1 is 1.70 bits per heavy atom. The first-order valence-electron chi connectivity index (χ1n) is 2.94. The number of allylic oxidation sites excluding steroid dienone is 1. The fourth-order valence-electron chi connectivity index (χ4n) is 0.809. The first kappa shape index (κ1) is 9.30. The Hall–Kier alpha value is -0.700. The SMILES string of the molecule is Cl.O=C(O)C1CCC=CN1. The highest BCUT2D eigenvalue weighted by atomic mass is 35.5. The zero-order chi connectivity index (χ0) is 6.69. The maximum atomic E-state index is 10.3. The molecule has 1 heterocycles. The number of rotatable bonds is 1. The quantitative estimate of drug-likeness (QED) is 0.600. The maximum Gasteiger partial charge on any atom is 0.326 e. The van der Waals surface area contributed by atoms with E-state index >= 15 is 0 Å². The van der Waals surface area contributed by atoms with Crippen molar-refractivity contribution in [3.63, 3.8) is 0 Å². The smallest absolute Gasteiger partial charge is 0.326 e. The van der Waals surface area contributed by atoms with E-state index in [2.05, 4.69) is 5.32 Å². The van der Waals surface area contributed by atoms with E-state index in [4.69, 9.17) is 5.11 Å². The second kappa shape index (κ2) is 4.17. The first-order chi connectivity index (χ1) is 4.30. The van der Waals surface area contributed by atoms with Gasteiger partial charge in [0, 0.05) is 0 Å². The molecule has 1 aliphatic heterocycles. The van der Waals surface area contributed by atoms with Gasteiger partial charge in [-0.15, -0.1) is 12.4 Å². The highest BCUT2D eigenvalue weighted by molar-refractivity contribution is 5.85. The molecule has 0 fully saturated rings. The van der Waals surface area contributed by atoms with E-state index in [9.17, 15) is 4.79 Å². The minimum absolute atomic E-state index is 0. The molecule has 0 spiro atoms. The Bertz CT molecular complexity index is 147. The molecule has 1 aliphatic rings.